The minimum absolute atomic E-state index is 0.212. The van der Waals surface area contributed by atoms with E-state index in [1.54, 1.807) is 6.07 Å². The molecule has 5 nitrogen and oxygen atoms in total. The highest BCUT2D eigenvalue weighted by Crippen LogP contribution is 2.31. The van der Waals surface area contributed by atoms with E-state index in [0.717, 1.165) is 54.2 Å². The normalized spacial score (nSPS) is 13.6. The third-order valence-corrected chi connectivity index (χ3v) is 5.92. The maximum Gasteiger partial charge on any atom is 0.224 e. The zero-order chi connectivity index (χ0) is 21.9. The quantitative estimate of drug-likeness (QED) is 0.451. The van der Waals surface area contributed by atoms with Crippen LogP contribution in [0.3, 0.4) is 0 Å². The van der Waals surface area contributed by atoms with Gasteiger partial charge in [0.2, 0.25) is 5.91 Å². The average Bonchev–Trinajstić information content (AvgIpc) is 3.47. The second-order valence-corrected chi connectivity index (χ2v) is 8.06. The number of carbonyl (C=O) groups is 1. The molecule has 1 amide bonds. The maximum absolute atomic E-state index is 14.6. The number of nitrogens with zero attached hydrogens (tertiary/aromatic N) is 3. The molecule has 162 valence electrons. The van der Waals surface area contributed by atoms with Gasteiger partial charge in [0.1, 0.15) is 17.3 Å². The van der Waals surface area contributed by atoms with E-state index < -0.39 is 5.82 Å². The number of aromatic nitrogens is 2. The van der Waals surface area contributed by atoms with Crippen molar-refractivity contribution < 1.29 is 9.18 Å². The first-order chi connectivity index (χ1) is 15.7. The average molecular weight is 429 g/mol. The third-order valence-electron chi connectivity index (χ3n) is 5.92. The van der Waals surface area contributed by atoms with E-state index in [9.17, 15) is 9.18 Å². The summed E-state index contributed by atoms with van der Waals surface area (Å²) in [7, 11) is 0. The zero-order valence-corrected chi connectivity index (χ0v) is 17.8. The van der Waals surface area contributed by atoms with Crippen molar-refractivity contribution in [1.82, 2.24) is 9.55 Å². The Balaban J connectivity index is 1.38. The number of carbonyl (C=O) groups excluding carboxylic acids is 1. The summed E-state index contributed by atoms with van der Waals surface area (Å²) in [5.74, 6) is 0.183. The monoisotopic (exact) mass is 428 g/mol. The molecule has 1 aliphatic rings. The number of anilines is 2. The summed E-state index contributed by atoms with van der Waals surface area (Å²) in [5.41, 5.74) is 3.92. The van der Waals surface area contributed by atoms with Gasteiger partial charge in [0.15, 0.2) is 0 Å². The van der Waals surface area contributed by atoms with Crippen molar-refractivity contribution in [2.45, 2.75) is 25.7 Å². The lowest BCUT2D eigenvalue weighted by atomic mass is 10.2. The maximum atomic E-state index is 14.6. The van der Waals surface area contributed by atoms with E-state index in [1.807, 2.05) is 60.7 Å². The van der Waals surface area contributed by atoms with Crippen molar-refractivity contribution >= 4 is 28.3 Å². The van der Waals surface area contributed by atoms with Gasteiger partial charge in [0.05, 0.1) is 16.7 Å². The number of aryl methyl sites for hydroxylation is 1. The molecule has 0 saturated carbocycles. The zero-order valence-electron chi connectivity index (χ0n) is 17.8. The highest BCUT2D eigenvalue weighted by molar-refractivity contribution is 5.94. The van der Waals surface area contributed by atoms with Crippen molar-refractivity contribution in [3.05, 3.63) is 84.4 Å². The lowest BCUT2D eigenvalue weighted by Crippen LogP contribution is -2.22. The van der Waals surface area contributed by atoms with Crippen LogP contribution in [0.1, 0.15) is 25.1 Å². The molecule has 1 fully saturated rings. The summed E-state index contributed by atoms with van der Waals surface area (Å²) in [6.07, 6.45) is 2.83. The number of halogens is 1. The fourth-order valence-electron chi connectivity index (χ4n) is 4.39. The Morgan fingerprint density at radius 1 is 0.938 bits per heavy atom. The van der Waals surface area contributed by atoms with Crippen molar-refractivity contribution in [3.63, 3.8) is 0 Å². The largest absolute Gasteiger partial charge is 0.370 e. The molecule has 0 unspecified atom stereocenters. The first-order valence-corrected chi connectivity index (χ1v) is 11.1. The summed E-state index contributed by atoms with van der Waals surface area (Å²) >= 11 is 0. The highest BCUT2D eigenvalue weighted by atomic mass is 19.1. The summed E-state index contributed by atoms with van der Waals surface area (Å²) in [6.45, 7) is 1.76. The van der Waals surface area contributed by atoms with Gasteiger partial charge in [-0.05, 0) is 49.2 Å². The van der Waals surface area contributed by atoms with Gasteiger partial charge in [0, 0.05) is 31.6 Å². The predicted octanol–water partition coefficient (Wildman–Crippen LogP) is 5.34. The van der Waals surface area contributed by atoms with Gasteiger partial charge >= 0.3 is 0 Å². The minimum Gasteiger partial charge on any atom is -0.370 e. The van der Waals surface area contributed by atoms with E-state index in [1.165, 1.54) is 6.07 Å². The summed E-state index contributed by atoms with van der Waals surface area (Å²) in [5, 5.41) is 2.83. The fraction of sp³-hybridized carbons (Fsp3) is 0.231. The van der Waals surface area contributed by atoms with Crippen LogP contribution in [0, 0.1) is 5.82 Å². The topological polar surface area (TPSA) is 50.2 Å². The molecule has 1 saturated heterocycles. The minimum atomic E-state index is -0.403. The standard InChI is InChI=1S/C26H25FN4O/c27-20-11-8-14-23(30-17-6-7-18-30)26(20)29-25(32)16-15-24-28-21-12-4-5-13-22(21)31(24)19-9-2-1-3-10-19/h1-5,8-14H,6-7,15-18H2,(H,29,32). The SMILES string of the molecule is O=C(CCc1nc2ccccc2n1-c1ccccc1)Nc1c(F)cccc1N1CCCC1. The Morgan fingerprint density at radius 3 is 2.50 bits per heavy atom. The Bertz CT molecular complexity index is 1250. The van der Waals surface area contributed by atoms with Gasteiger partial charge in [-0.1, -0.05) is 36.4 Å². The van der Waals surface area contributed by atoms with Crippen LogP contribution in [-0.2, 0) is 11.2 Å². The number of hydrogen-bond acceptors (Lipinski definition) is 3. The lowest BCUT2D eigenvalue weighted by molar-refractivity contribution is -0.116. The van der Waals surface area contributed by atoms with Crippen LogP contribution in [0.15, 0.2) is 72.8 Å². The van der Waals surface area contributed by atoms with Crippen LogP contribution in [0.4, 0.5) is 15.8 Å². The molecular weight excluding hydrogens is 403 g/mol. The van der Waals surface area contributed by atoms with Crippen LogP contribution < -0.4 is 10.2 Å². The summed E-state index contributed by atoms with van der Waals surface area (Å²) < 4.78 is 16.7. The number of imidazole rings is 1. The molecule has 1 aliphatic heterocycles. The molecule has 0 radical (unpaired) electrons. The Morgan fingerprint density at radius 2 is 1.69 bits per heavy atom. The van der Waals surface area contributed by atoms with Gasteiger partial charge in [0.25, 0.3) is 0 Å². The van der Waals surface area contributed by atoms with Crippen molar-refractivity contribution in [2.75, 3.05) is 23.3 Å². The number of nitrogens with one attached hydrogen (secondary N) is 1. The molecule has 2 heterocycles. The summed E-state index contributed by atoms with van der Waals surface area (Å²) in [6, 6.07) is 22.9. The van der Waals surface area contributed by atoms with E-state index >= 15 is 0 Å². The van der Waals surface area contributed by atoms with Crippen molar-refractivity contribution in [2.24, 2.45) is 0 Å². The Labute approximate surface area is 186 Å². The molecule has 3 aromatic carbocycles. The van der Waals surface area contributed by atoms with E-state index in [-0.39, 0.29) is 18.0 Å². The van der Waals surface area contributed by atoms with Gasteiger partial charge in [-0.2, -0.15) is 0 Å². The van der Waals surface area contributed by atoms with Crippen LogP contribution in [0.5, 0.6) is 0 Å². The Hall–Kier alpha value is -3.67. The molecule has 1 N–H and O–H groups in total. The van der Waals surface area contributed by atoms with E-state index in [2.05, 4.69) is 14.8 Å². The fourth-order valence-corrected chi connectivity index (χ4v) is 4.39. The van der Waals surface area contributed by atoms with Crippen LogP contribution in [-0.4, -0.2) is 28.5 Å². The lowest BCUT2D eigenvalue weighted by Gasteiger charge is -2.22. The molecule has 0 atom stereocenters. The molecule has 6 heteroatoms. The van der Waals surface area contributed by atoms with Gasteiger partial charge in [-0.15, -0.1) is 0 Å². The van der Waals surface area contributed by atoms with Gasteiger partial charge < -0.3 is 10.2 Å². The van der Waals surface area contributed by atoms with Crippen LogP contribution >= 0.6 is 0 Å². The molecule has 5 rings (SSSR count). The first-order valence-electron chi connectivity index (χ1n) is 11.1. The molecule has 4 aromatic rings. The van der Waals surface area contributed by atoms with E-state index in [0.29, 0.717) is 6.42 Å². The highest BCUT2D eigenvalue weighted by Gasteiger charge is 2.20. The number of para-hydroxylation sites is 4. The van der Waals surface area contributed by atoms with Crippen LogP contribution in [0.25, 0.3) is 16.7 Å². The van der Waals surface area contributed by atoms with Gasteiger partial charge in [-0.25, -0.2) is 9.37 Å². The van der Waals surface area contributed by atoms with Crippen molar-refractivity contribution in [3.8, 4) is 5.69 Å². The number of rotatable bonds is 6. The molecule has 0 bridgehead atoms. The number of benzene rings is 3. The van der Waals surface area contributed by atoms with Crippen molar-refractivity contribution in [1.29, 1.82) is 0 Å². The molecule has 32 heavy (non-hydrogen) atoms. The number of hydrogen-bond donors (Lipinski definition) is 1. The Kier molecular flexibility index (Phi) is 5.58. The second kappa shape index (κ2) is 8.83. The second-order valence-electron chi connectivity index (χ2n) is 8.06. The molecule has 0 aliphatic carbocycles. The predicted molar refractivity (Wildman–Crippen MR) is 126 cm³/mol. The van der Waals surface area contributed by atoms with Crippen LogP contribution in [0.2, 0.25) is 0 Å². The number of fused-ring (bicyclic) bond motifs is 1. The number of amides is 1. The smallest absolute Gasteiger partial charge is 0.224 e. The first kappa shape index (κ1) is 20.2. The molecule has 0 spiro atoms. The van der Waals surface area contributed by atoms with Gasteiger partial charge in [-0.3, -0.25) is 9.36 Å². The third kappa shape index (κ3) is 3.96. The molecule has 1 aromatic heterocycles. The van der Waals surface area contributed by atoms with E-state index in [4.69, 9.17) is 4.98 Å². The molecular formula is C26H25FN4O. The summed E-state index contributed by atoms with van der Waals surface area (Å²) in [4.78, 5) is 19.7.